The lowest BCUT2D eigenvalue weighted by Crippen LogP contribution is -2.04. The van der Waals surface area contributed by atoms with E-state index < -0.39 is 0 Å². The Balaban J connectivity index is 1.25. The number of para-hydroxylation sites is 1. The molecule has 0 aliphatic heterocycles. The number of aromatic nitrogens is 4. The summed E-state index contributed by atoms with van der Waals surface area (Å²) >= 11 is 1.80. The molecule has 56 heavy (non-hydrogen) atoms. The summed E-state index contributed by atoms with van der Waals surface area (Å²) in [7, 11) is 0. The van der Waals surface area contributed by atoms with E-state index in [1.807, 2.05) is 0 Å². The van der Waals surface area contributed by atoms with Crippen molar-refractivity contribution in [3.63, 3.8) is 0 Å². The van der Waals surface area contributed by atoms with Gasteiger partial charge in [-0.1, -0.05) is 152 Å². The molecule has 260 valence electrons. The van der Waals surface area contributed by atoms with Crippen LogP contribution in [0.15, 0.2) is 182 Å². The third-order valence-electron chi connectivity index (χ3n) is 11.2. The monoisotopic (exact) mass is 730 g/mol. The van der Waals surface area contributed by atoms with Gasteiger partial charge in [-0.15, -0.1) is 11.3 Å². The van der Waals surface area contributed by atoms with Crippen LogP contribution < -0.4 is 0 Å². The lowest BCUT2D eigenvalue weighted by molar-refractivity contribution is 1.07. The fourth-order valence-corrected chi connectivity index (χ4v) is 9.91. The third kappa shape index (κ3) is 4.68. The lowest BCUT2D eigenvalue weighted by Gasteiger charge is -2.16. The molecule has 0 fully saturated rings. The van der Waals surface area contributed by atoms with E-state index in [1.54, 1.807) is 11.3 Å². The number of benzene rings is 9. The van der Waals surface area contributed by atoms with Gasteiger partial charge < -0.3 is 4.57 Å². The van der Waals surface area contributed by atoms with Crippen molar-refractivity contribution in [3.8, 4) is 39.9 Å². The summed E-state index contributed by atoms with van der Waals surface area (Å²) in [6, 6.07) is 65.0. The van der Waals surface area contributed by atoms with E-state index in [0.29, 0.717) is 17.5 Å². The van der Waals surface area contributed by atoms with Crippen LogP contribution in [-0.2, 0) is 0 Å². The third-order valence-corrected chi connectivity index (χ3v) is 12.4. The Bertz CT molecular complexity index is 3450. The molecule has 12 rings (SSSR count). The van der Waals surface area contributed by atoms with Crippen LogP contribution in [0.2, 0.25) is 0 Å². The highest BCUT2D eigenvalue weighted by atomic mass is 32.1. The van der Waals surface area contributed by atoms with E-state index in [-0.39, 0.29) is 0 Å². The second-order valence-electron chi connectivity index (χ2n) is 14.4. The van der Waals surface area contributed by atoms with Gasteiger partial charge in [-0.05, 0) is 62.6 Å². The lowest BCUT2D eigenvalue weighted by atomic mass is 10.0. The van der Waals surface area contributed by atoms with Crippen molar-refractivity contribution in [2.75, 3.05) is 0 Å². The Morgan fingerprint density at radius 2 is 0.893 bits per heavy atom. The molecule has 9 aromatic carbocycles. The first-order valence-electron chi connectivity index (χ1n) is 18.9. The summed E-state index contributed by atoms with van der Waals surface area (Å²) in [6.45, 7) is 0. The van der Waals surface area contributed by atoms with Gasteiger partial charge in [-0.25, -0.2) is 15.0 Å². The van der Waals surface area contributed by atoms with Gasteiger partial charge in [0.25, 0.3) is 0 Å². The molecule has 0 aliphatic rings. The molecule has 12 aromatic rings. The molecule has 0 saturated heterocycles. The summed E-state index contributed by atoms with van der Waals surface area (Å²) in [4.78, 5) is 16.3. The zero-order valence-electron chi connectivity index (χ0n) is 30.0. The Morgan fingerprint density at radius 1 is 0.357 bits per heavy atom. The van der Waals surface area contributed by atoms with E-state index >= 15 is 0 Å². The number of nitrogens with zero attached hydrogens (tertiary/aromatic N) is 4. The predicted octanol–water partition coefficient (Wildman–Crippen LogP) is 13.8. The van der Waals surface area contributed by atoms with Gasteiger partial charge in [0, 0.05) is 42.1 Å². The second kappa shape index (κ2) is 12.2. The topological polar surface area (TPSA) is 43.6 Å². The molecule has 0 radical (unpaired) electrons. The van der Waals surface area contributed by atoms with Gasteiger partial charge in [-0.3, -0.25) is 0 Å². The number of hydrogen-bond acceptors (Lipinski definition) is 4. The maximum absolute atomic E-state index is 5.50. The first kappa shape index (κ1) is 31.2. The molecular weight excluding hydrogens is 701 g/mol. The molecule has 3 heterocycles. The molecule has 0 aliphatic carbocycles. The van der Waals surface area contributed by atoms with Gasteiger partial charge in [-0.2, -0.15) is 0 Å². The summed E-state index contributed by atoms with van der Waals surface area (Å²) < 4.78 is 4.80. The zero-order valence-corrected chi connectivity index (χ0v) is 30.8. The van der Waals surface area contributed by atoms with Crippen molar-refractivity contribution in [2.45, 2.75) is 0 Å². The minimum atomic E-state index is 0.643. The van der Waals surface area contributed by atoms with Crippen LogP contribution >= 0.6 is 11.3 Å². The summed E-state index contributed by atoms with van der Waals surface area (Å²) in [5.74, 6) is 1.93. The van der Waals surface area contributed by atoms with Gasteiger partial charge >= 0.3 is 0 Å². The zero-order chi connectivity index (χ0) is 36.7. The largest absolute Gasteiger partial charge is 0.308 e. The van der Waals surface area contributed by atoms with Crippen LogP contribution in [0.5, 0.6) is 0 Å². The summed E-state index contributed by atoms with van der Waals surface area (Å²) in [5.41, 5.74) is 6.25. The molecule has 0 bridgehead atoms. The molecular formula is C51H30N4S. The van der Waals surface area contributed by atoms with Crippen molar-refractivity contribution >= 4 is 85.6 Å². The highest BCUT2D eigenvalue weighted by Gasteiger charge is 2.24. The number of fused-ring (bicyclic) bond motifs is 9. The van der Waals surface area contributed by atoms with Crippen LogP contribution in [0.1, 0.15) is 0 Å². The minimum absolute atomic E-state index is 0.643. The van der Waals surface area contributed by atoms with Gasteiger partial charge in [0.1, 0.15) is 0 Å². The van der Waals surface area contributed by atoms with Gasteiger partial charge in [0.05, 0.1) is 22.3 Å². The van der Waals surface area contributed by atoms with Crippen molar-refractivity contribution in [2.24, 2.45) is 0 Å². The van der Waals surface area contributed by atoms with E-state index in [9.17, 15) is 0 Å². The average molecular weight is 731 g/mol. The van der Waals surface area contributed by atoms with E-state index in [2.05, 4.69) is 187 Å². The molecule has 3 aromatic heterocycles. The van der Waals surface area contributed by atoms with Crippen LogP contribution in [0, 0.1) is 0 Å². The SMILES string of the molecule is c1ccc2cc3c(cc2c1)c1ccccc1n3-c1ccc2c(sc3ccccc32)c1-c1nc(-c2cccc3ccccc23)nc(-c2cccc3ccccc23)n1. The van der Waals surface area contributed by atoms with Gasteiger partial charge in [0.2, 0.25) is 0 Å². The Hall–Kier alpha value is -7.21. The van der Waals surface area contributed by atoms with Crippen LogP contribution in [-0.4, -0.2) is 19.5 Å². The molecule has 5 heteroatoms. The standard InChI is InChI=1S/C51H30N4S/c1-2-16-34-30-45-42(29-33(34)15-1)37-21-7-9-25-43(37)55(45)44-28-27-39-38-22-8-10-26-46(38)56-48(39)47(44)51-53-49(40-23-11-17-31-13-3-5-19-35(31)40)52-50(54-51)41-24-12-18-32-14-4-6-20-36(32)41/h1-30H. The number of rotatable bonds is 4. The van der Waals surface area contributed by atoms with Crippen molar-refractivity contribution in [1.82, 2.24) is 19.5 Å². The van der Waals surface area contributed by atoms with Crippen LogP contribution in [0.4, 0.5) is 0 Å². The summed E-state index contributed by atoms with van der Waals surface area (Å²) in [5, 5.41) is 11.7. The fraction of sp³-hybridized carbons (Fsp3) is 0. The Kier molecular flexibility index (Phi) is 6.76. The second-order valence-corrected chi connectivity index (χ2v) is 15.4. The molecule has 4 nitrogen and oxygen atoms in total. The normalized spacial score (nSPS) is 11.9. The highest BCUT2D eigenvalue weighted by molar-refractivity contribution is 7.26. The average Bonchev–Trinajstić information content (AvgIpc) is 3.80. The quantitative estimate of drug-likeness (QED) is 0.181. The molecule has 0 unspecified atom stereocenters. The summed E-state index contributed by atoms with van der Waals surface area (Å²) in [6.07, 6.45) is 0. The predicted molar refractivity (Wildman–Crippen MR) is 236 cm³/mol. The van der Waals surface area contributed by atoms with E-state index in [4.69, 9.17) is 15.0 Å². The molecule has 0 spiro atoms. The van der Waals surface area contributed by atoms with Crippen molar-refractivity contribution in [1.29, 1.82) is 0 Å². The highest BCUT2D eigenvalue weighted by Crippen LogP contribution is 2.45. The number of thiophene rings is 1. The van der Waals surface area contributed by atoms with E-state index in [1.165, 1.54) is 37.0 Å². The smallest absolute Gasteiger partial charge is 0.167 e. The first-order valence-corrected chi connectivity index (χ1v) is 19.7. The first-order chi connectivity index (χ1) is 27.8. The minimum Gasteiger partial charge on any atom is -0.308 e. The Labute approximate surface area is 325 Å². The fourth-order valence-electron chi connectivity index (χ4n) is 8.67. The van der Waals surface area contributed by atoms with Crippen LogP contribution in [0.25, 0.3) is 114 Å². The molecule has 0 N–H and O–H groups in total. The number of hydrogen-bond donors (Lipinski definition) is 0. The van der Waals surface area contributed by atoms with Gasteiger partial charge in [0.15, 0.2) is 17.5 Å². The van der Waals surface area contributed by atoms with Crippen LogP contribution in [0.3, 0.4) is 0 Å². The molecule has 0 atom stereocenters. The molecule has 0 saturated carbocycles. The van der Waals surface area contributed by atoms with Crippen molar-refractivity contribution in [3.05, 3.63) is 182 Å². The van der Waals surface area contributed by atoms with E-state index in [0.717, 1.165) is 59.7 Å². The van der Waals surface area contributed by atoms with Crippen molar-refractivity contribution < 1.29 is 0 Å². The Morgan fingerprint density at radius 3 is 1.59 bits per heavy atom. The molecule has 0 amide bonds. The maximum atomic E-state index is 5.50. The maximum Gasteiger partial charge on any atom is 0.167 e.